The van der Waals surface area contributed by atoms with Crippen molar-refractivity contribution < 1.29 is 9.47 Å². The van der Waals surface area contributed by atoms with Crippen molar-refractivity contribution in [3.05, 3.63) is 100 Å². The molecule has 1 atom stereocenters. The van der Waals surface area contributed by atoms with Gasteiger partial charge in [-0.3, -0.25) is 0 Å². The first-order chi connectivity index (χ1) is 13.7. The van der Waals surface area contributed by atoms with Crippen LogP contribution in [-0.2, 0) is 0 Å². The smallest absolute Gasteiger partial charge is 0.131 e. The van der Waals surface area contributed by atoms with Crippen molar-refractivity contribution in [1.29, 1.82) is 0 Å². The number of allylic oxidation sites excluding steroid dienone is 1. The lowest BCUT2D eigenvalue weighted by molar-refractivity contribution is 0.414. The van der Waals surface area contributed by atoms with E-state index in [9.17, 15) is 0 Å². The Kier molecular flexibility index (Phi) is 4.21. The number of para-hydroxylation sites is 1. The number of aromatic nitrogens is 1. The van der Waals surface area contributed by atoms with Crippen LogP contribution in [0.3, 0.4) is 0 Å². The van der Waals surface area contributed by atoms with Gasteiger partial charge in [-0.2, -0.15) is 0 Å². The summed E-state index contributed by atoms with van der Waals surface area (Å²) in [6, 6.07) is 22.5. The first kappa shape index (κ1) is 17.1. The summed E-state index contributed by atoms with van der Waals surface area (Å²) in [5.74, 6) is 2.68. The van der Waals surface area contributed by atoms with Gasteiger partial charge in [0.15, 0.2) is 0 Å². The average Bonchev–Trinajstić information content (AvgIpc) is 3.16. The van der Waals surface area contributed by atoms with Gasteiger partial charge in [0.25, 0.3) is 0 Å². The van der Waals surface area contributed by atoms with Crippen LogP contribution in [0.2, 0.25) is 0 Å². The van der Waals surface area contributed by atoms with Crippen molar-refractivity contribution in [3.8, 4) is 11.5 Å². The van der Waals surface area contributed by atoms with Gasteiger partial charge < -0.3 is 14.5 Å². The SMILES string of the molecule is COc1ccc(C2=CC(c3c[nH]c4ccc(Br)cc34)c3ccccc3O2)cc1. The summed E-state index contributed by atoms with van der Waals surface area (Å²) in [4.78, 5) is 3.41. The van der Waals surface area contributed by atoms with E-state index in [0.717, 1.165) is 32.8 Å². The highest BCUT2D eigenvalue weighted by Crippen LogP contribution is 2.43. The minimum absolute atomic E-state index is 0.102. The van der Waals surface area contributed by atoms with Crippen LogP contribution in [0.4, 0.5) is 0 Å². The van der Waals surface area contributed by atoms with Crippen LogP contribution < -0.4 is 9.47 Å². The molecule has 0 bridgehead atoms. The third-order valence-electron chi connectivity index (χ3n) is 5.18. The minimum atomic E-state index is 0.102. The number of H-pyrrole nitrogens is 1. The lowest BCUT2D eigenvalue weighted by Crippen LogP contribution is -2.10. The molecule has 1 aromatic heterocycles. The van der Waals surface area contributed by atoms with Crippen molar-refractivity contribution in [2.75, 3.05) is 7.11 Å². The normalized spacial score (nSPS) is 15.6. The molecule has 1 aliphatic rings. The van der Waals surface area contributed by atoms with Gasteiger partial charge in [-0.15, -0.1) is 0 Å². The van der Waals surface area contributed by atoms with Crippen LogP contribution in [0.25, 0.3) is 16.7 Å². The second-order valence-electron chi connectivity index (χ2n) is 6.81. The molecule has 1 aliphatic heterocycles. The quantitative estimate of drug-likeness (QED) is 0.401. The maximum absolute atomic E-state index is 6.26. The first-order valence-corrected chi connectivity index (χ1v) is 9.92. The molecule has 0 spiro atoms. The summed E-state index contributed by atoms with van der Waals surface area (Å²) >= 11 is 3.60. The molecule has 138 valence electrons. The van der Waals surface area contributed by atoms with Crippen molar-refractivity contribution in [1.82, 2.24) is 4.98 Å². The minimum Gasteiger partial charge on any atom is -0.497 e. The van der Waals surface area contributed by atoms with Gasteiger partial charge >= 0.3 is 0 Å². The van der Waals surface area contributed by atoms with Crippen LogP contribution in [0.5, 0.6) is 11.5 Å². The average molecular weight is 432 g/mol. The molecule has 28 heavy (non-hydrogen) atoms. The highest BCUT2D eigenvalue weighted by Gasteiger charge is 2.25. The Labute approximate surface area is 171 Å². The molecule has 4 aromatic rings. The third kappa shape index (κ3) is 2.90. The second kappa shape index (κ2) is 6.88. The number of methoxy groups -OCH3 is 1. The number of ether oxygens (including phenoxy) is 2. The van der Waals surface area contributed by atoms with Gasteiger partial charge in [0, 0.05) is 38.6 Å². The number of hydrogen-bond donors (Lipinski definition) is 1. The number of rotatable bonds is 3. The summed E-state index contributed by atoms with van der Waals surface area (Å²) < 4.78 is 12.6. The van der Waals surface area contributed by atoms with Gasteiger partial charge in [0.2, 0.25) is 0 Å². The molecule has 0 saturated heterocycles. The van der Waals surface area contributed by atoms with E-state index < -0.39 is 0 Å². The predicted octanol–water partition coefficient (Wildman–Crippen LogP) is 6.50. The van der Waals surface area contributed by atoms with Crippen LogP contribution in [0, 0.1) is 0 Å². The highest BCUT2D eigenvalue weighted by molar-refractivity contribution is 9.10. The standard InChI is InChI=1S/C24H18BrNO2/c1-27-17-9-6-15(7-10-17)24-13-19(18-4-2-3-5-23(18)28-24)21-14-26-22-11-8-16(25)12-20(21)22/h2-14,19,26H,1H3. The molecule has 2 heterocycles. The number of fused-ring (bicyclic) bond motifs is 2. The first-order valence-electron chi connectivity index (χ1n) is 9.12. The van der Waals surface area contributed by atoms with Crippen molar-refractivity contribution in [2.45, 2.75) is 5.92 Å². The van der Waals surface area contributed by atoms with E-state index in [4.69, 9.17) is 9.47 Å². The van der Waals surface area contributed by atoms with E-state index in [1.165, 1.54) is 16.5 Å². The molecule has 0 radical (unpaired) electrons. The van der Waals surface area contributed by atoms with Crippen LogP contribution in [0.1, 0.15) is 22.6 Å². The topological polar surface area (TPSA) is 34.2 Å². The summed E-state index contributed by atoms with van der Waals surface area (Å²) in [7, 11) is 1.67. The predicted molar refractivity (Wildman–Crippen MR) is 116 cm³/mol. The zero-order valence-corrected chi connectivity index (χ0v) is 16.9. The van der Waals surface area contributed by atoms with E-state index in [0.29, 0.717) is 0 Å². The summed E-state index contributed by atoms with van der Waals surface area (Å²) in [6.07, 6.45) is 4.31. The number of hydrogen-bond acceptors (Lipinski definition) is 2. The van der Waals surface area contributed by atoms with Crippen molar-refractivity contribution in [2.24, 2.45) is 0 Å². The monoisotopic (exact) mass is 431 g/mol. The van der Waals surface area contributed by atoms with E-state index in [1.807, 2.05) is 36.4 Å². The summed E-state index contributed by atoms with van der Waals surface area (Å²) in [5, 5.41) is 1.21. The Morgan fingerprint density at radius 1 is 0.964 bits per heavy atom. The van der Waals surface area contributed by atoms with Gasteiger partial charge in [0.05, 0.1) is 7.11 Å². The molecule has 4 heteroatoms. The number of benzene rings is 3. The van der Waals surface area contributed by atoms with Crippen molar-refractivity contribution in [3.63, 3.8) is 0 Å². The third-order valence-corrected chi connectivity index (χ3v) is 5.67. The van der Waals surface area contributed by atoms with Gasteiger partial charge in [-0.25, -0.2) is 0 Å². The number of aromatic amines is 1. The lowest BCUT2D eigenvalue weighted by atomic mass is 9.87. The largest absolute Gasteiger partial charge is 0.497 e. The second-order valence-corrected chi connectivity index (χ2v) is 7.73. The maximum Gasteiger partial charge on any atom is 0.131 e. The molecule has 1 unspecified atom stereocenters. The number of nitrogens with one attached hydrogen (secondary N) is 1. The maximum atomic E-state index is 6.26. The fourth-order valence-electron chi connectivity index (χ4n) is 3.76. The van der Waals surface area contributed by atoms with E-state index in [2.05, 4.69) is 63.5 Å². The summed E-state index contributed by atoms with van der Waals surface area (Å²) in [6.45, 7) is 0. The molecular formula is C24H18BrNO2. The van der Waals surface area contributed by atoms with Gasteiger partial charge in [0.1, 0.15) is 17.3 Å². The fraction of sp³-hybridized carbons (Fsp3) is 0.0833. The highest BCUT2D eigenvalue weighted by atomic mass is 79.9. The Balaban J connectivity index is 1.67. The molecular weight excluding hydrogens is 414 g/mol. The van der Waals surface area contributed by atoms with Gasteiger partial charge in [-0.05, 0) is 60.2 Å². The molecule has 0 aliphatic carbocycles. The Morgan fingerprint density at radius 3 is 2.61 bits per heavy atom. The molecule has 0 fully saturated rings. The Morgan fingerprint density at radius 2 is 1.79 bits per heavy atom. The summed E-state index contributed by atoms with van der Waals surface area (Å²) in [5.41, 5.74) is 4.56. The molecule has 0 amide bonds. The fourth-order valence-corrected chi connectivity index (χ4v) is 4.12. The van der Waals surface area contributed by atoms with E-state index >= 15 is 0 Å². The number of halogens is 1. The molecule has 0 saturated carbocycles. The molecule has 5 rings (SSSR count). The zero-order valence-electron chi connectivity index (χ0n) is 15.3. The van der Waals surface area contributed by atoms with Crippen LogP contribution in [-0.4, -0.2) is 12.1 Å². The Hall–Kier alpha value is -2.98. The van der Waals surface area contributed by atoms with Crippen LogP contribution >= 0.6 is 15.9 Å². The van der Waals surface area contributed by atoms with Crippen LogP contribution in [0.15, 0.2) is 83.5 Å². The molecule has 3 nitrogen and oxygen atoms in total. The van der Waals surface area contributed by atoms with E-state index in [-0.39, 0.29) is 5.92 Å². The van der Waals surface area contributed by atoms with E-state index in [1.54, 1.807) is 7.11 Å². The Bertz CT molecular complexity index is 1190. The van der Waals surface area contributed by atoms with Crippen molar-refractivity contribution >= 4 is 32.6 Å². The zero-order chi connectivity index (χ0) is 19.1. The molecule has 3 aromatic carbocycles. The lowest BCUT2D eigenvalue weighted by Gasteiger charge is -2.25. The molecule has 1 N–H and O–H groups in total. The van der Waals surface area contributed by atoms with Gasteiger partial charge in [-0.1, -0.05) is 34.1 Å².